The van der Waals surface area contributed by atoms with Crippen molar-refractivity contribution in [2.75, 3.05) is 0 Å². The van der Waals surface area contributed by atoms with Crippen LogP contribution in [0.3, 0.4) is 0 Å². The fourth-order valence-corrected chi connectivity index (χ4v) is 3.53. The number of hydrogen-bond acceptors (Lipinski definition) is 2. The molecule has 0 aliphatic carbocycles. The Labute approximate surface area is 124 Å². The van der Waals surface area contributed by atoms with E-state index in [-0.39, 0.29) is 0 Å². The maximum Gasteiger partial charge on any atom is 0.0439 e. The maximum absolute atomic E-state index is 4.42. The summed E-state index contributed by atoms with van der Waals surface area (Å²) in [6.45, 7) is 4.22. The van der Waals surface area contributed by atoms with E-state index in [1.54, 1.807) is 0 Å². The van der Waals surface area contributed by atoms with Crippen LogP contribution in [-0.4, -0.2) is 12.3 Å². The summed E-state index contributed by atoms with van der Waals surface area (Å²) in [6, 6.07) is 15.9. The summed E-state index contributed by atoms with van der Waals surface area (Å²) in [4.78, 5) is 4.42. The topological polar surface area (TPSA) is 12.4 Å². The summed E-state index contributed by atoms with van der Waals surface area (Å²) in [5, 5.41) is 2.77. The van der Waals surface area contributed by atoms with Gasteiger partial charge in [-0.25, -0.2) is 0 Å². The second-order valence-corrected chi connectivity index (χ2v) is 6.48. The van der Waals surface area contributed by atoms with Crippen LogP contribution in [-0.2, 0) is 6.42 Å². The molecular formula is C18H19NS. The average molecular weight is 281 g/mol. The van der Waals surface area contributed by atoms with Crippen molar-refractivity contribution < 1.29 is 0 Å². The zero-order valence-electron chi connectivity index (χ0n) is 12.0. The molecular weight excluding hydrogens is 262 g/mol. The van der Waals surface area contributed by atoms with Crippen LogP contribution in [0.25, 0.3) is 20.2 Å². The first-order valence-corrected chi connectivity index (χ1v) is 7.97. The quantitative estimate of drug-likeness (QED) is 0.563. The van der Waals surface area contributed by atoms with Gasteiger partial charge in [0.05, 0.1) is 0 Å². The molecule has 0 saturated carbocycles. The SMILES string of the molecule is CC(C)N=CCCc1ccc2sc3ccccc3c2c1. The lowest BCUT2D eigenvalue weighted by atomic mass is 10.1. The van der Waals surface area contributed by atoms with Crippen molar-refractivity contribution in [1.29, 1.82) is 0 Å². The molecule has 102 valence electrons. The van der Waals surface area contributed by atoms with Crippen LogP contribution in [0.5, 0.6) is 0 Å². The van der Waals surface area contributed by atoms with E-state index < -0.39 is 0 Å². The second kappa shape index (κ2) is 5.76. The van der Waals surface area contributed by atoms with Gasteiger partial charge in [-0.3, -0.25) is 4.99 Å². The molecule has 0 saturated heterocycles. The van der Waals surface area contributed by atoms with Crippen LogP contribution in [0.2, 0.25) is 0 Å². The van der Waals surface area contributed by atoms with E-state index in [1.165, 1.54) is 25.7 Å². The van der Waals surface area contributed by atoms with E-state index in [0.717, 1.165) is 12.8 Å². The van der Waals surface area contributed by atoms with Crippen molar-refractivity contribution in [1.82, 2.24) is 0 Å². The number of benzene rings is 2. The lowest BCUT2D eigenvalue weighted by molar-refractivity contribution is 0.834. The third-order valence-corrected chi connectivity index (χ3v) is 4.56. The van der Waals surface area contributed by atoms with Gasteiger partial charge >= 0.3 is 0 Å². The molecule has 0 spiro atoms. The molecule has 1 aromatic heterocycles. The lowest BCUT2D eigenvalue weighted by Crippen LogP contribution is -1.91. The summed E-state index contributed by atoms with van der Waals surface area (Å²) in [6.07, 6.45) is 4.14. The van der Waals surface area contributed by atoms with E-state index >= 15 is 0 Å². The Morgan fingerprint density at radius 1 is 1.05 bits per heavy atom. The Morgan fingerprint density at radius 2 is 1.85 bits per heavy atom. The second-order valence-electron chi connectivity index (χ2n) is 5.39. The van der Waals surface area contributed by atoms with Gasteiger partial charge in [0.15, 0.2) is 0 Å². The normalized spacial score (nSPS) is 12.2. The minimum atomic E-state index is 0.401. The molecule has 1 heterocycles. The third-order valence-electron chi connectivity index (χ3n) is 3.41. The number of rotatable bonds is 4. The fraction of sp³-hybridized carbons (Fsp3) is 0.278. The molecule has 2 heteroatoms. The van der Waals surface area contributed by atoms with Gasteiger partial charge in [0.1, 0.15) is 0 Å². The van der Waals surface area contributed by atoms with Crippen molar-refractivity contribution in [3.05, 3.63) is 48.0 Å². The van der Waals surface area contributed by atoms with Gasteiger partial charge in [-0.15, -0.1) is 11.3 Å². The van der Waals surface area contributed by atoms with Crippen molar-refractivity contribution >= 4 is 37.7 Å². The van der Waals surface area contributed by atoms with Crippen LogP contribution in [0.15, 0.2) is 47.5 Å². The molecule has 0 unspecified atom stereocenters. The number of fused-ring (bicyclic) bond motifs is 3. The highest BCUT2D eigenvalue weighted by molar-refractivity contribution is 7.25. The average Bonchev–Trinajstić information content (AvgIpc) is 2.81. The van der Waals surface area contributed by atoms with E-state index in [9.17, 15) is 0 Å². The summed E-state index contributed by atoms with van der Waals surface area (Å²) in [7, 11) is 0. The van der Waals surface area contributed by atoms with Gasteiger partial charge < -0.3 is 0 Å². The van der Waals surface area contributed by atoms with Gasteiger partial charge in [0.25, 0.3) is 0 Å². The molecule has 3 rings (SSSR count). The van der Waals surface area contributed by atoms with E-state index in [0.29, 0.717) is 6.04 Å². The minimum Gasteiger partial charge on any atom is -0.295 e. The number of hydrogen-bond donors (Lipinski definition) is 0. The predicted molar refractivity (Wildman–Crippen MR) is 91.3 cm³/mol. The third kappa shape index (κ3) is 2.75. The van der Waals surface area contributed by atoms with Crippen LogP contribution < -0.4 is 0 Å². The number of thiophene rings is 1. The number of aryl methyl sites for hydroxylation is 1. The van der Waals surface area contributed by atoms with Crippen LogP contribution in [0.4, 0.5) is 0 Å². The summed E-state index contributed by atoms with van der Waals surface area (Å²) in [5.41, 5.74) is 1.40. The Balaban J connectivity index is 1.88. The Bertz CT molecular complexity index is 752. The molecule has 2 aromatic carbocycles. The Kier molecular flexibility index (Phi) is 3.83. The minimum absolute atomic E-state index is 0.401. The van der Waals surface area contributed by atoms with Crippen molar-refractivity contribution in [2.24, 2.45) is 4.99 Å². The van der Waals surface area contributed by atoms with E-state index in [4.69, 9.17) is 0 Å². The van der Waals surface area contributed by atoms with Crippen LogP contribution in [0.1, 0.15) is 25.8 Å². The van der Waals surface area contributed by atoms with Gasteiger partial charge in [-0.1, -0.05) is 24.3 Å². The smallest absolute Gasteiger partial charge is 0.0439 e. The summed E-state index contributed by atoms with van der Waals surface area (Å²) < 4.78 is 2.76. The summed E-state index contributed by atoms with van der Waals surface area (Å²) >= 11 is 1.88. The Morgan fingerprint density at radius 3 is 2.70 bits per heavy atom. The molecule has 0 radical (unpaired) electrons. The first-order valence-electron chi connectivity index (χ1n) is 7.16. The zero-order valence-corrected chi connectivity index (χ0v) is 12.8. The largest absolute Gasteiger partial charge is 0.295 e. The van der Waals surface area contributed by atoms with Gasteiger partial charge in [0, 0.05) is 26.2 Å². The summed E-state index contributed by atoms with van der Waals surface area (Å²) in [5.74, 6) is 0. The fourth-order valence-electron chi connectivity index (χ4n) is 2.45. The molecule has 20 heavy (non-hydrogen) atoms. The predicted octanol–water partition coefficient (Wildman–Crippen LogP) is 5.47. The molecule has 0 aliphatic heterocycles. The van der Waals surface area contributed by atoms with Crippen LogP contribution >= 0.6 is 11.3 Å². The van der Waals surface area contributed by atoms with Crippen LogP contribution in [0, 0.1) is 0 Å². The molecule has 0 aliphatic rings. The van der Waals surface area contributed by atoms with Crippen molar-refractivity contribution in [2.45, 2.75) is 32.7 Å². The van der Waals surface area contributed by atoms with Gasteiger partial charge in [0.2, 0.25) is 0 Å². The molecule has 0 atom stereocenters. The van der Waals surface area contributed by atoms with Crippen molar-refractivity contribution in [3.8, 4) is 0 Å². The standard InChI is InChI=1S/C18H19NS/c1-13(2)19-11-5-6-14-9-10-18-16(12-14)15-7-3-4-8-17(15)20-18/h3-4,7-13H,5-6H2,1-2H3. The molecule has 0 fully saturated rings. The monoisotopic (exact) mass is 281 g/mol. The molecule has 3 aromatic rings. The molecule has 1 nitrogen and oxygen atoms in total. The maximum atomic E-state index is 4.42. The highest BCUT2D eigenvalue weighted by Crippen LogP contribution is 2.34. The highest BCUT2D eigenvalue weighted by Gasteiger charge is 2.04. The molecule has 0 amide bonds. The van der Waals surface area contributed by atoms with E-state index in [1.807, 2.05) is 11.3 Å². The molecule has 0 bridgehead atoms. The van der Waals surface area contributed by atoms with Crippen molar-refractivity contribution in [3.63, 3.8) is 0 Å². The van der Waals surface area contributed by atoms with Gasteiger partial charge in [-0.05, 0) is 56.7 Å². The van der Waals surface area contributed by atoms with Gasteiger partial charge in [-0.2, -0.15) is 0 Å². The first-order chi connectivity index (χ1) is 9.74. The first kappa shape index (κ1) is 13.3. The van der Waals surface area contributed by atoms with E-state index in [2.05, 4.69) is 67.5 Å². The highest BCUT2D eigenvalue weighted by atomic mass is 32.1. The lowest BCUT2D eigenvalue weighted by Gasteiger charge is -2.00. The molecule has 0 N–H and O–H groups in total. The number of nitrogens with zero attached hydrogens (tertiary/aromatic N) is 1. The zero-order chi connectivity index (χ0) is 13.9. The number of aliphatic imine (C=N–C) groups is 1. The Hall–Kier alpha value is -1.67.